The van der Waals surface area contributed by atoms with Crippen LogP contribution < -0.4 is 11.0 Å². The number of anilines is 1. The smallest absolute Gasteiger partial charge is 0.412 e. The summed E-state index contributed by atoms with van der Waals surface area (Å²) in [6.45, 7) is 0.507. The quantitative estimate of drug-likeness (QED) is 0.322. The van der Waals surface area contributed by atoms with Gasteiger partial charge in [0, 0.05) is 6.20 Å². The predicted molar refractivity (Wildman–Crippen MR) is 109 cm³/mol. The molecule has 0 spiro atoms. The second-order valence-electron chi connectivity index (χ2n) is 8.15. The van der Waals surface area contributed by atoms with Crippen molar-refractivity contribution in [3.63, 3.8) is 0 Å². The number of ether oxygens (including phenoxy) is 3. The number of amides is 1. The largest absolute Gasteiger partial charge is 0.462 e. The number of hydrogen-bond acceptors (Lipinski definition) is 10. The average molecular weight is 455 g/mol. The summed E-state index contributed by atoms with van der Waals surface area (Å²) in [5, 5.41) is 32.0. The summed E-state index contributed by atoms with van der Waals surface area (Å²) in [5.41, 5.74) is -2.71. The van der Waals surface area contributed by atoms with Crippen LogP contribution in [-0.4, -0.2) is 74.6 Å². The normalized spacial score (nSPS) is 28.3. The molecular formula is C20H29N3O9. The van der Waals surface area contributed by atoms with Crippen LogP contribution in [0.3, 0.4) is 0 Å². The number of aliphatic hydroxyl groups excluding tert-OH is 2. The summed E-state index contributed by atoms with van der Waals surface area (Å²) in [5.74, 6) is -0.475. The van der Waals surface area contributed by atoms with Gasteiger partial charge in [-0.05, 0) is 25.8 Å². The van der Waals surface area contributed by atoms with E-state index in [1.165, 1.54) is 19.2 Å². The molecule has 12 nitrogen and oxygen atoms in total. The van der Waals surface area contributed by atoms with Gasteiger partial charge in [0.1, 0.15) is 36.8 Å². The van der Waals surface area contributed by atoms with Crippen LogP contribution >= 0.6 is 0 Å². The molecule has 12 heteroatoms. The third kappa shape index (κ3) is 5.44. The topological polar surface area (TPSA) is 169 Å². The summed E-state index contributed by atoms with van der Waals surface area (Å²) in [7, 11) is 0. The zero-order valence-electron chi connectivity index (χ0n) is 17.8. The molecule has 0 aromatic carbocycles. The van der Waals surface area contributed by atoms with Crippen molar-refractivity contribution in [3.05, 3.63) is 22.7 Å². The third-order valence-corrected chi connectivity index (χ3v) is 5.75. The van der Waals surface area contributed by atoms with Gasteiger partial charge in [-0.1, -0.05) is 19.3 Å². The van der Waals surface area contributed by atoms with Crippen LogP contribution in [0.4, 0.5) is 10.6 Å². The molecule has 1 aliphatic carbocycles. The Kier molecular flexibility index (Phi) is 7.82. The van der Waals surface area contributed by atoms with Crippen LogP contribution in [0.1, 0.15) is 45.3 Å². The van der Waals surface area contributed by atoms with Crippen LogP contribution in [-0.2, 0) is 19.0 Å². The van der Waals surface area contributed by atoms with Crippen LogP contribution in [0.5, 0.6) is 0 Å². The molecule has 0 unspecified atom stereocenters. The summed E-state index contributed by atoms with van der Waals surface area (Å²) in [6.07, 6.45) is 1.36. The summed E-state index contributed by atoms with van der Waals surface area (Å²) < 4.78 is 16.4. The number of aromatic nitrogens is 2. The van der Waals surface area contributed by atoms with E-state index in [4.69, 9.17) is 14.2 Å². The summed E-state index contributed by atoms with van der Waals surface area (Å²) >= 11 is 0. The predicted octanol–water partition coefficient (Wildman–Crippen LogP) is -0.0831. The number of nitrogens with zero attached hydrogens (tertiary/aromatic N) is 2. The Bertz CT molecular complexity index is 866. The van der Waals surface area contributed by atoms with E-state index in [1.807, 2.05) is 0 Å². The van der Waals surface area contributed by atoms with Gasteiger partial charge >= 0.3 is 17.8 Å². The van der Waals surface area contributed by atoms with Crippen molar-refractivity contribution in [2.75, 3.05) is 25.1 Å². The minimum atomic E-state index is -1.85. The van der Waals surface area contributed by atoms with Crippen molar-refractivity contribution in [3.8, 4) is 0 Å². The number of carbonyl (C=O) groups excluding carboxylic acids is 2. The molecule has 1 saturated heterocycles. The molecule has 32 heavy (non-hydrogen) atoms. The van der Waals surface area contributed by atoms with E-state index in [-0.39, 0.29) is 30.9 Å². The van der Waals surface area contributed by atoms with E-state index in [2.05, 4.69) is 10.3 Å². The first kappa shape index (κ1) is 24.1. The SMILES string of the molecule is C[C@@]1(O)[C@H](O)[C@@H](CO)O[C@H]1n1ccc(NC(=O)OCCOC(=O)C2CCCCC2)nc1=O. The van der Waals surface area contributed by atoms with Crippen molar-refractivity contribution in [1.82, 2.24) is 9.55 Å². The molecule has 1 aromatic rings. The highest BCUT2D eigenvalue weighted by atomic mass is 16.6. The molecule has 178 valence electrons. The van der Waals surface area contributed by atoms with Crippen LogP contribution in [0.15, 0.2) is 17.1 Å². The first-order chi connectivity index (χ1) is 15.2. The lowest BCUT2D eigenvalue weighted by molar-refractivity contribution is -0.150. The molecule has 2 heterocycles. The van der Waals surface area contributed by atoms with E-state index in [1.54, 1.807) is 0 Å². The molecule has 1 saturated carbocycles. The lowest BCUT2D eigenvalue weighted by Gasteiger charge is -2.27. The number of rotatable bonds is 7. The monoisotopic (exact) mass is 455 g/mol. The Labute approximate surface area is 184 Å². The highest BCUT2D eigenvalue weighted by Crippen LogP contribution is 2.37. The van der Waals surface area contributed by atoms with Gasteiger partial charge in [0.2, 0.25) is 0 Å². The van der Waals surface area contributed by atoms with Crippen molar-refractivity contribution in [2.24, 2.45) is 5.92 Å². The molecule has 4 atom stereocenters. The fourth-order valence-electron chi connectivity index (χ4n) is 3.92. The zero-order chi connectivity index (χ0) is 23.3. The van der Waals surface area contributed by atoms with Gasteiger partial charge in [-0.15, -0.1) is 0 Å². The Morgan fingerprint density at radius 2 is 1.97 bits per heavy atom. The van der Waals surface area contributed by atoms with Gasteiger partial charge in [-0.2, -0.15) is 4.98 Å². The second kappa shape index (κ2) is 10.4. The highest BCUT2D eigenvalue weighted by Gasteiger charge is 2.53. The van der Waals surface area contributed by atoms with E-state index < -0.39 is 42.4 Å². The van der Waals surface area contributed by atoms with Gasteiger partial charge in [-0.3, -0.25) is 14.7 Å². The zero-order valence-corrected chi connectivity index (χ0v) is 17.8. The standard InChI is InChI=1S/C20H29N3O9/c1-20(29)15(25)13(11-24)32-17(20)23-8-7-14(21-18(23)27)22-19(28)31-10-9-30-16(26)12-5-3-2-4-6-12/h7-8,12-13,15,17,24-25,29H,2-6,9-11H2,1H3,(H,21,22,27,28)/t13-,15-,17-,20-/m1/s1. The number of hydrogen-bond donors (Lipinski definition) is 4. The third-order valence-electron chi connectivity index (χ3n) is 5.75. The van der Waals surface area contributed by atoms with E-state index in [0.717, 1.165) is 36.7 Å². The summed E-state index contributed by atoms with van der Waals surface area (Å²) in [4.78, 5) is 39.9. The van der Waals surface area contributed by atoms with Crippen LogP contribution in [0.25, 0.3) is 0 Å². The first-order valence-electron chi connectivity index (χ1n) is 10.6. The minimum Gasteiger partial charge on any atom is -0.462 e. The maximum atomic E-state index is 12.4. The highest BCUT2D eigenvalue weighted by molar-refractivity contribution is 5.83. The molecule has 3 rings (SSSR count). The Balaban J connectivity index is 1.48. The number of nitrogens with one attached hydrogen (secondary N) is 1. The molecule has 0 bridgehead atoms. The number of esters is 1. The van der Waals surface area contributed by atoms with Crippen LogP contribution in [0.2, 0.25) is 0 Å². The molecule has 1 aromatic heterocycles. The number of carbonyl (C=O) groups is 2. The van der Waals surface area contributed by atoms with Gasteiger partial charge in [-0.25, -0.2) is 9.59 Å². The Morgan fingerprint density at radius 1 is 1.28 bits per heavy atom. The van der Waals surface area contributed by atoms with Gasteiger partial charge in [0.25, 0.3) is 0 Å². The molecule has 2 aliphatic rings. The molecule has 2 fully saturated rings. The molecular weight excluding hydrogens is 426 g/mol. The van der Waals surface area contributed by atoms with Gasteiger partial charge < -0.3 is 29.5 Å². The van der Waals surface area contributed by atoms with Gasteiger partial charge in [0.15, 0.2) is 6.23 Å². The fourth-order valence-corrected chi connectivity index (χ4v) is 3.92. The summed E-state index contributed by atoms with van der Waals surface area (Å²) in [6, 6.07) is 1.28. The van der Waals surface area contributed by atoms with E-state index >= 15 is 0 Å². The lowest BCUT2D eigenvalue weighted by Crippen LogP contribution is -2.46. The average Bonchev–Trinajstić information content (AvgIpc) is 3.00. The second-order valence-corrected chi connectivity index (χ2v) is 8.15. The Morgan fingerprint density at radius 3 is 2.59 bits per heavy atom. The van der Waals surface area contributed by atoms with E-state index in [0.29, 0.717) is 0 Å². The fraction of sp³-hybridized carbons (Fsp3) is 0.700. The molecule has 1 aliphatic heterocycles. The molecule has 1 amide bonds. The lowest BCUT2D eigenvalue weighted by atomic mass is 9.89. The number of aliphatic hydroxyl groups is 3. The van der Waals surface area contributed by atoms with E-state index in [9.17, 15) is 29.7 Å². The van der Waals surface area contributed by atoms with Crippen molar-refractivity contribution >= 4 is 17.9 Å². The molecule has 0 radical (unpaired) electrons. The maximum absolute atomic E-state index is 12.4. The van der Waals surface area contributed by atoms with Crippen molar-refractivity contribution in [2.45, 2.75) is 63.1 Å². The maximum Gasteiger partial charge on any atom is 0.412 e. The molecule has 4 N–H and O–H groups in total. The minimum absolute atomic E-state index is 0.0692. The van der Waals surface area contributed by atoms with Crippen molar-refractivity contribution < 1.29 is 39.1 Å². The Hall–Kier alpha value is -2.54. The first-order valence-corrected chi connectivity index (χ1v) is 10.6. The van der Waals surface area contributed by atoms with Crippen LogP contribution in [0, 0.1) is 5.92 Å². The van der Waals surface area contributed by atoms with Gasteiger partial charge in [0.05, 0.1) is 12.5 Å². The van der Waals surface area contributed by atoms with Crippen molar-refractivity contribution in [1.29, 1.82) is 0 Å².